The van der Waals surface area contributed by atoms with E-state index in [1.165, 1.54) is 5.56 Å². The maximum absolute atomic E-state index is 10.9. The van der Waals surface area contributed by atoms with Crippen molar-refractivity contribution in [2.75, 3.05) is 13.7 Å². The van der Waals surface area contributed by atoms with Crippen LogP contribution in [0.15, 0.2) is 42.0 Å². The van der Waals surface area contributed by atoms with E-state index in [0.29, 0.717) is 6.61 Å². The molecule has 0 spiro atoms. The third-order valence-corrected chi connectivity index (χ3v) is 3.93. The van der Waals surface area contributed by atoms with E-state index in [9.17, 15) is 4.79 Å². The fourth-order valence-corrected chi connectivity index (χ4v) is 2.97. The second-order valence-electron chi connectivity index (χ2n) is 6.26. The molecule has 1 saturated heterocycles. The fraction of sp³-hybridized carbons (Fsp3) is 0.500. The maximum atomic E-state index is 10.9. The van der Waals surface area contributed by atoms with Gasteiger partial charge >= 0.3 is 0 Å². The Bertz CT molecular complexity index is 524. The lowest BCUT2D eigenvalue weighted by Gasteiger charge is -2.33. The van der Waals surface area contributed by atoms with Gasteiger partial charge in [0.25, 0.3) is 0 Å². The average Bonchev–Trinajstić information content (AvgIpc) is 2.80. The van der Waals surface area contributed by atoms with Gasteiger partial charge in [-0.15, -0.1) is 0 Å². The summed E-state index contributed by atoms with van der Waals surface area (Å²) in [6.45, 7) is 7.12. The van der Waals surface area contributed by atoms with Crippen molar-refractivity contribution >= 4 is 6.29 Å². The van der Waals surface area contributed by atoms with Crippen LogP contribution in [0.5, 0.6) is 0 Å². The molecule has 120 valence electrons. The van der Waals surface area contributed by atoms with Crippen molar-refractivity contribution in [3.05, 3.63) is 47.5 Å². The molecule has 0 bridgehead atoms. The Labute approximate surface area is 132 Å². The van der Waals surface area contributed by atoms with Crippen molar-refractivity contribution in [2.24, 2.45) is 0 Å². The molecule has 1 aliphatic heterocycles. The zero-order valence-electron chi connectivity index (χ0n) is 13.8. The number of hydrogen-bond acceptors (Lipinski definition) is 4. The third-order valence-electron chi connectivity index (χ3n) is 3.93. The largest absolute Gasteiger partial charge is 0.348 e. The van der Waals surface area contributed by atoms with Crippen molar-refractivity contribution in [1.82, 2.24) is 4.90 Å². The smallest absolute Gasteiger partial charge is 0.163 e. The Hall–Kier alpha value is -1.49. The Morgan fingerprint density at radius 2 is 2.09 bits per heavy atom. The molecule has 2 rings (SSSR count). The van der Waals surface area contributed by atoms with E-state index in [-0.39, 0.29) is 12.1 Å². The molecule has 1 aromatic carbocycles. The van der Waals surface area contributed by atoms with E-state index < -0.39 is 5.79 Å². The Morgan fingerprint density at radius 1 is 1.41 bits per heavy atom. The summed E-state index contributed by atoms with van der Waals surface area (Å²) in [6.07, 6.45) is 2.36. The summed E-state index contributed by atoms with van der Waals surface area (Å²) in [5.74, 6) is -0.571. The molecule has 1 aromatic rings. The quantitative estimate of drug-likeness (QED) is 0.598. The van der Waals surface area contributed by atoms with Crippen LogP contribution in [0.1, 0.15) is 26.3 Å². The normalized spacial score (nSPS) is 22.8. The number of ether oxygens (including phenoxy) is 2. The van der Waals surface area contributed by atoms with Crippen molar-refractivity contribution < 1.29 is 14.3 Å². The van der Waals surface area contributed by atoms with Gasteiger partial charge in [-0.05, 0) is 39.5 Å². The van der Waals surface area contributed by atoms with Crippen LogP contribution in [-0.4, -0.2) is 42.8 Å². The Morgan fingerprint density at radius 3 is 2.64 bits per heavy atom. The van der Waals surface area contributed by atoms with Crippen LogP contribution < -0.4 is 0 Å². The van der Waals surface area contributed by atoms with Crippen LogP contribution in [0.3, 0.4) is 0 Å². The molecule has 2 atom stereocenters. The number of aldehydes is 1. The van der Waals surface area contributed by atoms with E-state index >= 15 is 0 Å². The molecule has 1 heterocycles. The summed E-state index contributed by atoms with van der Waals surface area (Å²) in [5.41, 5.74) is 2.21. The first kappa shape index (κ1) is 16.9. The summed E-state index contributed by atoms with van der Waals surface area (Å²) in [6, 6.07) is 10.3. The number of likely N-dealkylation sites (N-methyl/N-ethyl adjacent to an activating group) is 1. The van der Waals surface area contributed by atoms with Crippen LogP contribution in [0.4, 0.5) is 0 Å². The summed E-state index contributed by atoms with van der Waals surface area (Å²) in [4.78, 5) is 13.1. The number of allylic oxidation sites excluding steroid dienone is 1. The van der Waals surface area contributed by atoms with E-state index in [0.717, 1.165) is 18.4 Å². The Balaban J connectivity index is 2.17. The predicted octanol–water partition coefficient (Wildman–Crippen LogP) is 2.78. The molecule has 0 amide bonds. The van der Waals surface area contributed by atoms with Crippen LogP contribution in [0, 0.1) is 0 Å². The molecule has 0 N–H and O–H groups in total. The SMILES string of the molecule is C/C(=C\C=O)[C@H]([C@H]1COC(C)(C)O1)N(C)Cc1ccccc1. The highest BCUT2D eigenvalue weighted by Gasteiger charge is 2.39. The molecular weight excluding hydrogens is 278 g/mol. The third kappa shape index (κ3) is 4.26. The van der Waals surface area contributed by atoms with Gasteiger partial charge in [-0.1, -0.05) is 35.9 Å². The van der Waals surface area contributed by atoms with E-state index in [1.54, 1.807) is 6.08 Å². The lowest BCUT2D eigenvalue weighted by atomic mass is 10.0. The monoisotopic (exact) mass is 303 g/mol. The van der Waals surface area contributed by atoms with Gasteiger partial charge in [0.15, 0.2) is 5.79 Å². The summed E-state index contributed by atoms with van der Waals surface area (Å²) in [5, 5.41) is 0. The minimum atomic E-state index is -0.571. The standard InChI is InChI=1S/C18H25NO3/c1-14(10-11-20)17(16-13-21-18(2,3)22-16)19(4)12-15-8-6-5-7-9-15/h5-11,16-17H,12-13H2,1-4H3/b14-10+/t16-,17-/m1/s1. The minimum absolute atomic E-state index is 0.00665. The van der Waals surface area contributed by atoms with Crippen molar-refractivity contribution in [2.45, 2.75) is 45.2 Å². The van der Waals surface area contributed by atoms with E-state index in [2.05, 4.69) is 24.1 Å². The van der Waals surface area contributed by atoms with Gasteiger partial charge in [0.1, 0.15) is 12.4 Å². The van der Waals surface area contributed by atoms with Gasteiger partial charge in [-0.3, -0.25) is 9.69 Å². The number of carbonyl (C=O) groups excluding carboxylic acids is 1. The molecule has 0 saturated carbocycles. The number of hydrogen-bond donors (Lipinski definition) is 0. The topological polar surface area (TPSA) is 38.8 Å². The molecule has 0 aromatic heterocycles. The van der Waals surface area contributed by atoms with Gasteiger partial charge in [0.05, 0.1) is 12.6 Å². The van der Waals surface area contributed by atoms with Crippen molar-refractivity contribution in [3.63, 3.8) is 0 Å². The summed E-state index contributed by atoms with van der Waals surface area (Å²) in [7, 11) is 2.05. The molecule has 0 aliphatic carbocycles. The van der Waals surface area contributed by atoms with Gasteiger partial charge in [-0.2, -0.15) is 0 Å². The molecule has 1 aliphatic rings. The van der Waals surface area contributed by atoms with E-state index in [1.807, 2.05) is 39.0 Å². The first-order valence-electron chi connectivity index (χ1n) is 7.61. The van der Waals surface area contributed by atoms with Crippen LogP contribution in [0.2, 0.25) is 0 Å². The number of rotatable bonds is 6. The lowest BCUT2D eigenvalue weighted by molar-refractivity contribution is -0.144. The molecular formula is C18H25NO3. The highest BCUT2D eigenvalue weighted by Crippen LogP contribution is 2.29. The van der Waals surface area contributed by atoms with Gasteiger partial charge in [0, 0.05) is 6.54 Å². The van der Waals surface area contributed by atoms with Crippen molar-refractivity contribution in [3.8, 4) is 0 Å². The second-order valence-corrected chi connectivity index (χ2v) is 6.26. The zero-order valence-corrected chi connectivity index (χ0v) is 13.8. The number of carbonyl (C=O) groups is 1. The van der Waals surface area contributed by atoms with Crippen LogP contribution in [0.25, 0.3) is 0 Å². The highest BCUT2D eigenvalue weighted by molar-refractivity contribution is 5.66. The predicted molar refractivity (Wildman–Crippen MR) is 86.4 cm³/mol. The average molecular weight is 303 g/mol. The lowest BCUT2D eigenvalue weighted by Crippen LogP contribution is -2.43. The number of nitrogens with zero attached hydrogens (tertiary/aromatic N) is 1. The van der Waals surface area contributed by atoms with Crippen molar-refractivity contribution in [1.29, 1.82) is 0 Å². The Kier molecular flexibility index (Phi) is 5.51. The first-order chi connectivity index (χ1) is 10.4. The molecule has 4 heteroatoms. The number of benzene rings is 1. The molecule has 4 nitrogen and oxygen atoms in total. The molecule has 0 radical (unpaired) electrons. The minimum Gasteiger partial charge on any atom is -0.348 e. The summed E-state index contributed by atoms with van der Waals surface area (Å²) >= 11 is 0. The molecule has 1 fully saturated rings. The second kappa shape index (κ2) is 7.18. The fourth-order valence-electron chi connectivity index (χ4n) is 2.97. The van der Waals surface area contributed by atoms with Gasteiger partial charge in [-0.25, -0.2) is 0 Å². The molecule has 0 unspecified atom stereocenters. The van der Waals surface area contributed by atoms with Gasteiger partial charge < -0.3 is 9.47 Å². The van der Waals surface area contributed by atoms with Crippen LogP contribution in [-0.2, 0) is 20.8 Å². The van der Waals surface area contributed by atoms with E-state index in [4.69, 9.17) is 9.47 Å². The summed E-state index contributed by atoms with van der Waals surface area (Å²) < 4.78 is 11.7. The first-order valence-corrected chi connectivity index (χ1v) is 7.61. The van der Waals surface area contributed by atoms with Gasteiger partial charge in [0.2, 0.25) is 0 Å². The molecule has 22 heavy (non-hydrogen) atoms. The highest BCUT2D eigenvalue weighted by atomic mass is 16.7. The van der Waals surface area contributed by atoms with Crippen LogP contribution >= 0.6 is 0 Å². The zero-order chi connectivity index (χ0) is 16.2. The maximum Gasteiger partial charge on any atom is 0.163 e.